The third-order valence-electron chi connectivity index (χ3n) is 1.84. The molecule has 0 bridgehead atoms. The average Bonchev–Trinajstić information content (AvgIpc) is 2.42. The molecule has 1 aromatic heterocycles. The Balaban J connectivity index is 2.86. The van der Waals surface area contributed by atoms with Crippen molar-refractivity contribution in [2.45, 2.75) is 0 Å². The van der Waals surface area contributed by atoms with Crippen LogP contribution in [-0.2, 0) is 0 Å². The molecule has 0 aliphatic heterocycles. The van der Waals surface area contributed by atoms with E-state index in [1.165, 1.54) is 4.09 Å². The Morgan fingerprint density at radius 3 is 2.85 bits per heavy atom. The van der Waals surface area contributed by atoms with Crippen molar-refractivity contribution in [3.63, 3.8) is 0 Å². The van der Waals surface area contributed by atoms with Gasteiger partial charge in [0.1, 0.15) is 0 Å². The van der Waals surface area contributed by atoms with E-state index < -0.39 is 0 Å². The summed E-state index contributed by atoms with van der Waals surface area (Å²) in [6.45, 7) is 0. The fraction of sp³-hybridized carbons (Fsp3) is 0. The molecule has 2 rings (SSSR count). The van der Waals surface area contributed by atoms with Crippen molar-refractivity contribution in [1.82, 2.24) is 4.09 Å². The van der Waals surface area contributed by atoms with E-state index in [-0.39, 0.29) is 0 Å². The first kappa shape index (κ1) is 8.43. The number of hydrogen-bond donors (Lipinski definition) is 0. The van der Waals surface area contributed by atoms with E-state index >= 15 is 0 Å². The smallest absolute Gasteiger partial charge is 0.0991 e. The van der Waals surface area contributed by atoms with E-state index in [0.717, 1.165) is 10.9 Å². The second-order valence-electron chi connectivity index (χ2n) is 2.63. The van der Waals surface area contributed by atoms with Gasteiger partial charge in [0, 0.05) is 23.4 Å². The SMILES string of the molecule is N#Cc1ccc2c(c1)c(Cl)cn2Cl. The summed E-state index contributed by atoms with van der Waals surface area (Å²) in [4.78, 5) is 0. The van der Waals surface area contributed by atoms with Crippen molar-refractivity contribution in [2.24, 2.45) is 0 Å². The lowest BCUT2D eigenvalue weighted by molar-refractivity contribution is 1.33. The van der Waals surface area contributed by atoms with Crippen LogP contribution in [0.3, 0.4) is 0 Å². The third kappa shape index (κ3) is 1.27. The Morgan fingerprint density at radius 1 is 1.38 bits per heavy atom. The summed E-state index contributed by atoms with van der Waals surface area (Å²) in [5.74, 6) is 0. The minimum absolute atomic E-state index is 0.558. The molecule has 0 amide bonds. The number of fused-ring (bicyclic) bond motifs is 1. The number of halogens is 2. The quantitative estimate of drug-likeness (QED) is 0.657. The van der Waals surface area contributed by atoms with Gasteiger partial charge in [0.25, 0.3) is 0 Å². The maximum atomic E-state index is 8.66. The Bertz CT molecular complexity index is 508. The normalized spacial score (nSPS) is 10.2. The van der Waals surface area contributed by atoms with Gasteiger partial charge in [-0.05, 0) is 18.2 Å². The van der Waals surface area contributed by atoms with E-state index in [9.17, 15) is 0 Å². The molecule has 0 spiro atoms. The summed E-state index contributed by atoms with van der Waals surface area (Å²) in [5, 5.41) is 10.0. The number of nitriles is 1. The van der Waals surface area contributed by atoms with Crippen LogP contribution >= 0.6 is 23.4 Å². The predicted octanol–water partition coefficient (Wildman–Crippen LogP) is 3.17. The first-order valence-electron chi connectivity index (χ1n) is 3.59. The molecule has 4 heteroatoms. The molecular formula is C9H4Cl2N2. The Morgan fingerprint density at radius 2 is 2.15 bits per heavy atom. The molecule has 2 aromatic rings. The first-order chi connectivity index (χ1) is 6.22. The highest BCUT2D eigenvalue weighted by molar-refractivity contribution is 6.37. The number of rotatable bonds is 0. The fourth-order valence-electron chi connectivity index (χ4n) is 1.22. The van der Waals surface area contributed by atoms with Crippen LogP contribution in [0.1, 0.15) is 5.56 Å². The third-order valence-corrected chi connectivity index (χ3v) is 2.42. The molecule has 0 atom stereocenters. The summed E-state index contributed by atoms with van der Waals surface area (Å²) in [5.41, 5.74) is 1.39. The van der Waals surface area contributed by atoms with Crippen LogP contribution in [-0.4, -0.2) is 4.09 Å². The van der Waals surface area contributed by atoms with Gasteiger partial charge >= 0.3 is 0 Å². The van der Waals surface area contributed by atoms with E-state index in [2.05, 4.69) is 0 Å². The van der Waals surface area contributed by atoms with Crippen molar-refractivity contribution in [3.8, 4) is 6.07 Å². The van der Waals surface area contributed by atoms with E-state index in [1.54, 1.807) is 24.4 Å². The minimum Gasteiger partial charge on any atom is -0.259 e. The molecule has 0 aliphatic carbocycles. The standard InChI is InChI=1S/C9H4Cl2N2/c10-8-5-13(11)9-2-1-6(4-12)3-7(8)9/h1-3,5H. The topological polar surface area (TPSA) is 28.7 Å². The zero-order valence-corrected chi connectivity index (χ0v) is 7.97. The van der Waals surface area contributed by atoms with Crippen LogP contribution in [0.5, 0.6) is 0 Å². The summed E-state index contributed by atoms with van der Waals surface area (Å²) >= 11 is 11.7. The van der Waals surface area contributed by atoms with Crippen LogP contribution in [0.4, 0.5) is 0 Å². The predicted molar refractivity (Wildman–Crippen MR) is 52.9 cm³/mol. The van der Waals surface area contributed by atoms with Gasteiger partial charge in [-0.3, -0.25) is 4.09 Å². The maximum absolute atomic E-state index is 8.66. The molecule has 0 radical (unpaired) electrons. The van der Waals surface area contributed by atoms with Crippen LogP contribution in [0.2, 0.25) is 5.02 Å². The van der Waals surface area contributed by atoms with Gasteiger partial charge in [-0.25, -0.2) is 0 Å². The summed E-state index contributed by atoms with van der Waals surface area (Å²) in [6.07, 6.45) is 1.61. The highest BCUT2D eigenvalue weighted by Gasteiger charge is 2.05. The fourth-order valence-corrected chi connectivity index (χ4v) is 1.77. The second-order valence-corrected chi connectivity index (χ2v) is 3.40. The Kier molecular flexibility index (Phi) is 1.91. The van der Waals surface area contributed by atoms with Gasteiger partial charge in [-0.1, -0.05) is 11.6 Å². The van der Waals surface area contributed by atoms with Gasteiger partial charge in [0.05, 0.1) is 22.2 Å². The maximum Gasteiger partial charge on any atom is 0.0991 e. The van der Waals surface area contributed by atoms with Gasteiger partial charge in [0.15, 0.2) is 0 Å². The van der Waals surface area contributed by atoms with Crippen molar-refractivity contribution in [1.29, 1.82) is 5.26 Å². The Hall–Kier alpha value is -1.17. The molecule has 1 heterocycles. The van der Waals surface area contributed by atoms with Gasteiger partial charge in [0.2, 0.25) is 0 Å². The zero-order chi connectivity index (χ0) is 9.42. The molecular weight excluding hydrogens is 207 g/mol. The van der Waals surface area contributed by atoms with Crippen molar-refractivity contribution in [2.75, 3.05) is 0 Å². The zero-order valence-electron chi connectivity index (χ0n) is 6.46. The highest BCUT2D eigenvalue weighted by atomic mass is 35.5. The molecule has 0 N–H and O–H groups in total. The largest absolute Gasteiger partial charge is 0.259 e. The van der Waals surface area contributed by atoms with E-state index in [4.69, 9.17) is 28.6 Å². The molecule has 2 nitrogen and oxygen atoms in total. The van der Waals surface area contributed by atoms with E-state index in [1.807, 2.05) is 6.07 Å². The molecule has 0 saturated carbocycles. The van der Waals surface area contributed by atoms with Crippen molar-refractivity contribution < 1.29 is 0 Å². The van der Waals surface area contributed by atoms with E-state index in [0.29, 0.717) is 10.6 Å². The average molecular weight is 211 g/mol. The number of benzene rings is 1. The van der Waals surface area contributed by atoms with Crippen LogP contribution < -0.4 is 0 Å². The van der Waals surface area contributed by atoms with Gasteiger partial charge in [-0.2, -0.15) is 5.26 Å². The molecule has 0 unspecified atom stereocenters. The van der Waals surface area contributed by atoms with Crippen molar-refractivity contribution in [3.05, 3.63) is 35.0 Å². The number of aromatic nitrogens is 1. The Labute approximate surface area is 85.0 Å². The first-order valence-corrected chi connectivity index (χ1v) is 4.31. The molecule has 0 saturated heterocycles. The highest BCUT2D eigenvalue weighted by Crippen LogP contribution is 2.27. The number of nitrogens with zero attached hydrogens (tertiary/aromatic N) is 2. The van der Waals surface area contributed by atoms with Crippen LogP contribution in [0, 0.1) is 11.3 Å². The van der Waals surface area contributed by atoms with Crippen LogP contribution in [0.15, 0.2) is 24.4 Å². The molecule has 1 aromatic carbocycles. The lowest BCUT2D eigenvalue weighted by Crippen LogP contribution is -1.77. The lowest BCUT2D eigenvalue weighted by Gasteiger charge is -1.92. The molecule has 13 heavy (non-hydrogen) atoms. The number of hydrogen-bond acceptors (Lipinski definition) is 1. The molecule has 0 aliphatic rings. The van der Waals surface area contributed by atoms with Crippen LogP contribution in [0.25, 0.3) is 10.9 Å². The minimum atomic E-state index is 0.558. The lowest BCUT2D eigenvalue weighted by atomic mass is 10.2. The van der Waals surface area contributed by atoms with Crippen molar-refractivity contribution >= 4 is 34.3 Å². The van der Waals surface area contributed by atoms with Gasteiger partial charge < -0.3 is 0 Å². The van der Waals surface area contributed by atoms with Gasteiger partial charge in [-0.15, -0.1) is 0 Å². The summed E-state index contributed by atoms with van der Waals surface area (Å²) in [7, 11) is 0. The molecule has 0 fully saturated rings. The molecule has 64 valence electrons. The monoisotopic (exact) mass is 210 g/mol. The summed E-state index contributed by atoms with van der Waals surface area (Å²) in [6, 6.07) is 7.24. The summed E-state index contributed by atoms with van der Waals surface area (Å²) < 4.78 is 1.42. The second kappa shape index (κ2) is 2.95.